The Morgan fingerprint density at radius 1 is 1.09 bits per heavy atom. The summed E-state index contributed by atoms with van der Waals surface area (Å²) in [6.07, 6.45) is 11.3. The van der Waals surface area contributed by atoms with Gasteiger partial charge in [0.1, 0.15) is 18.0 Å². The molecule has 23 heavy (non-hydrogen) atoms. The van der Waals surface area contributed by atoms with Crippen molar-refractivity contribution in [3.63, 3.8) is 0 Å². The second-order valence-corrected chi connectivity index (χ2v) is 6.57. The van der Waals surface area contributed by atoms with Gasteiger partial charge in [-0.1, -0.05) is 19.3 Å². The molecule has 2 fully saturated rings. The third-order valence-electron chi connectivity index (χ3n) is 4.73. The van der Waals surface area contributed by atoms with Gasteiger partial charge in [-0.05, 0) is 32.1 Å². The van der Waals surface area contributed by atoms with E-state index in [1.54, 1.807) is 6.33 Å². The van der Waals surface area contributed by atoms with Crippen LogP contribution < -0.4 is 15.5 Å². The van der Waals surface area contributed by atoms with E-state index in [-0.39, 0.29) is 12.5 Å². The van der Waals surface area contributed by atoms with Gasteiger partial charge in [-0.2, -0.15) is 0 Å². The van der Waals surface area contributed by atoms with Crippen molar-refractivity contribution in [2.75, 3.05) is 29.9 Å². The third kappa shape index (κ3) is 4.81. The molecule has 1 aliphatic carbocycles. The summed E-state index contributed by atoms with van der Waals surface area (Å²) >= 11 is 0. The van der Waals surface area contributed by atoms with Crippen LogP contribution in [-0.2, 0) is 4.79 Å². The van der Waals surface area contributed by atoms with Crippen molar-refractivity contribution in [1.29, 1.82) is 0 Å². The minimum Gasteiger partial charge on any atom is -0.361 e. The predicted octanol–water partition coefficient (Wildman–Crippen LogP) is 2.33. The molecule has 1 amide bonds. The number of carbonyl (C=O) groups excluding carboxylic acids is 1. The first-order valence-corrected chi connectivity index (χ1v) is 8.91. The normalized spacial score (nSPS) is 19.4. The number of nitrogens with one attached hydrogen (secondary N) is 2. The Morgan fingerprint density at radius 2 is 1.83 bits per heavy atom. The van der Waals surface area contributed by atoms with E-state index in [0.29, 0.717) is 6.04 Å². The van der Waals surface area contributed by atoms with Crippen LogP contribution in [0.15, 0.2) is 12.4 Å². The van der Waals surface area contributed by atoms with Gasteiger partial charge < -0.3 is 15.5 Å². The van der Waals surface area contributed by atoms with Gasteiger partial charge in [-0.3, -0.25) is 4.79 Å². The summed E-state index contributed by atoms with van der Waals surface area (Å²) in [4.78, 5) is 22.9. The van der Waals surface area contributed by atoms with Gasteiger partial charge in [0.15, 0.2) is 0 Å². The van der Waals surface area contributed by atoms with E-state index in [4.69, 9.17) is 0 Å². The molecular weight excluding hydrogens is 290 g/mol. The average molecular weight is 317 g/mol. The van der Waals surface area contributed by atoms with Crippen molar-refractivity contribution in [2.45, 2.75) is 57.4 Å². The van der Waals surface area contributed by atoms with Gasteiger partial charge >= 0.3 is 0 Å². The molecule has 6 heteroatoms. The lowest BCUT2D eigenvalue weighted by atomic mass is 9.95. The molecular formula is C17H27N5O. The summed E-state index contributed by atoms with van der Waals surface area (Å²) in [5, 5.41) is 6.24. The summed E-state index contributed by atoms with van der Waals surface area (Å²) in [7, 11) is 0. The Kier molecular flexibility index (Phi) is 5.66. The molecule has 1 saturated carbocycles. The van der Waals surface area contributed by atoms with Gasteiger partial charge in [0.25, 0.3) is 0 Å². The number of hydrogen-bond donors (Lipinski definition) is 2. The van der Waals surface area contributed by atoms with E-state index in [9.17, 15) is 4.79 Å². The van der Waals surface area contributed by atoms with Gasteiger partial charge in [0.05, 0.1) is 6.54 Å². The largest absolute Gasteiger partial charge is 0.361 e. The number of carbonyl (C=O) groups is 1. The number of hydrogen-bond acceptors (Lipinski definition) is 5. The summed E-state index contributed by atoms with van der Waals surface area (Å²) in [5.74, 6) is 1.73. The standard InChI is InChI=1S/C17H27N5O/c23-17(21-14-7-3-1-4-8-14)12-18-15-11-16(20-13-19-15)22-9-5-2-6-10-22/h11,13-14H,1-10,12H2,(H,21,23)(H,18,19,20). The predicted molar refractivity (Wildman–Crippen MR) is 91.6 cm³/mol. The maximum absolute atomic E-state index is 12.0. The number of aromatic nitrogens is 2. The maximum atomic E-state index is 12.0. The number of nitrogens with zero attached hydrogens (tertiary/aromatic N) is 3. The summed E-state index contributed by atoms with van der Waals surface area (Å²) < 4.78 is 0. The van der Waals surface area contributed by atoms with Gasteiger partial charge in [0, 0.05) is 25.2 Å². The van der Waals surface area contributed by atoms with Gasteiger partial charge in [-0.25, -0.2) is 9.97 Å². The third-order valence-corrected chi connectivity index (χ3v) is 4.73. The molecule has 0 atom stereocenters. The molecule has 1 aromatic rings. The van der Waals surface area contributed by atoms with Crippen LogP contribution in [0.2, 0.25) is 0 Å². The first-order chi connectivity index (χ1) is 11.3. The van der Waals surface area contributed by atoms with Crippen LogP contribution in [0.4, 0.5) is 11.6 Å². The zero-order chi connectivity index (χ0) is 15.9. The zero-order valence-corrected chi connectivity index (χ0v) is 13.8. The second-order valence-electron chi connectivity index (χ2n) is 6.57. The van der Waals surface area contributed by atoms with E-state index >= 15 is 0 Å². The van der Waals surface area contributed by atoms with Gasteiger partial charge in [-0.15, -0.1) is 0 Å². The number of piperidine rings is 1. The highest BCUT2D eigenvalue weighted by molar-refractivity contribution is 5.80. The summed E-state index contributed by atoms with van der Waals surface area (Å²) in [5.41, 5.74) is 0. The molecule has 2 N–H and O–H groups in total. The highest BCUT2D eigenvalue weighted by atomic mass is 16.2. The molecule has 126 valence electrons. The first-order valence-electron chi connectivity index (χ1n) is 8.91. The smallest absolute Gasteiger partial charge is 0.239 e. The highest BCUT2D eigenvalue weighted by Crippen LogP contribution is 2.19. The van der Waals surface area contributed by atoms with Crippen molar-refractivity contribution in [2.24, 2.45) is 0 Å². The highest BCUT2D eigenvalue weighted by Gasteiger charge is 2.16. The molecule has 0 spiro atoms. The van der Waals surface area contributed by atoms with Crippen molar-refractivity contribution in [3.8, 4) is 0 Å². The molecule has 1 aliphatic heterocycles. The Labute approximate surface area is 138 Å². The molecule has 0 aromatic carbocycles. The number of rotatable bonds is 5. The quantitative estimate of drug-likeness (QED) is 0.872. The molecule has 2 aliphatic rings. The molecule has 0 unspecified atom stereocenters. The van der Waals surface area contributed by atoms with Crippen molar-refractivity contribution < 1.29 is 4.79 Å². The monoisotopic (exact) mass is 317 g/mol. The van der Waals surface area contributed by atoms with Gasteiger partial charge in [0.2, 0.25) is 5.91 Å². The molecule has 0 bridgehead atoms. The minimum absolute atomic E-state index is 0.0510. The Balaban J connectivity index is 1.48. The fraction of sp³-hybridized carbons (Fsp3) is 0.706. The Morgan fingerprint density at radius 3 is 2.61 bits per heavy atom. The molecule has 6 nitrogen and oxygen atoms in total. The van der Waals surface area contributed by atoms with Crippen molar-refractivity contribution >= 4 is 17.5 Å². The van der Waals surface area contributed by atoms with E-state index in [1.807, 2.05) is 6.07 Å². The maximum Gasteiger partial charge on any atom is 0.239 e. The molecule has 2 heterocycles. The summed E-state index contributed by atoms with van der Waals surface area (Å²) in [6.45, 7) is 2.38. The fourth-order valence-electron chi connectivity index (χ4n) is 3.44. The van der Waals surface area contributed by atoms with Crippen molar-refractivity contribution in [3.05, 3.63) is 12.4 Å². The average Bonchev–Trinajstić information content (AvgIpc) is 2.62. The van der Waals surface area contributed by atoms with E-state index in [0.717, 1.165) is 37.6 Å². The van der Waals surface area contributed by atoms with E-state index in [1.165, 1.54) is 38.5 Å². The molecule has 3 rings (SSSR count). The lowest BCUT2D eigenvalue weighted by molar-refractivity contribution is -0.120. The van der Waals surface area contributed by atoms with Crippen LogP contribution >= 0.6 is 0 Å². The molecule has 1 saturated heterocycles. The molecule has 1 aromatic heterocycles. The lowest BCUT2D eigenvalue weighted by Crippen LogP contribution is -2.39. The van der Waals surface area contributed by atoms with Crippen LogP contribution in [0.1, 0.15) is 51.4 Å². The van der Waals surface area contributed by atoms with Crippen LogP contribution in [0.3, 0.4) is 0 Å². The second kappa shape index (κ2) is 8.13. The first kappa shape index (κ1) is 16.0. The topological polar surface area (TPSA) is 70.2 Å². The Bertz CT molecular complexity index is 509. The number of amides is 1. The van der Waals surface area contributed by atoms with E-state index < -0.39 is 0 Å². The fourth-order valence-corrected chi connectivity index (χ4v) is 3.44. The zero-order valence-electron chi connectivity index (χ0n) is 13.8. The van der Waals surface area contributed by atoms with E-state index in [2.05, 4.69) is 25.5 Å². The van der Waals surface area contributed by atoms with Crippen LogP contribution in [-0.4, -0.2) is 41.6 Å². The van der Waals surface area contributed by atoms with Crippen LogP contribution in [0, 0.1) is 0 Å². The minimum atomic E-state index is 0.0510. The lowest BCUT2D eigenvalue weighted by Gasteiger charge is -2.27. The number of anilines is 2. The Hall–Kier alpha value is -1.85. The molecule has 0 radical (unpaired) electrons. The summed E-state index contributed by atoms with van der Waals surface area (Å²) in [6, 6.07) is 2.30. The van der Waals surface area contributed by atoms with Crippen molar-refractivity contribution in [1.82, 2.24) is 15.3 Å². The SMILES string of the molecule is O=C(CNc1cc(N2CCCCC2)ncn1)NC1CCCCC1. The van der Waals surface area contributed by atoms with Crippen LogP contribution in [0.5, 0.6) is 0 Å². The van der Waals surface area contributed by atoms with Crippen LogP contribution in [0.25, 0.3) is 0 Å².